The molecule has 0 N–H and O–H groups in total. The smallest absolute Gasteiger partial charge is 0.0380 e. The van der Waals surface area contributed by atoms with Crippen molar-refractivity contribution < 1.29 is 0 Å². The van der Waals surface area contributed by atoms with Crippen LogP contribution in [0.3, 0.4) is 0 Å². The average molecular weight is 433 g/mol. The largest absolute Gasteiger partial charge is 0.0654 e. The quantitative estimate of drug-likeness (QED) is 0.351. The molecule has 0 heterocycles. The highest BCUT2D eigenvalue weighted by molar-refractivity contribution is 4.86. The minimum atomic E-state index is 0.969. The maximum absolute atomic E-state index is 2.58. The summed E-state index contributed by atoms with van der Waals surface area (Å²) in [7, 11) is 0. The molecule has 0 aromatic rings. The first-order valence-corrected chi connectivity index (χ1v) is 15.2. The molecule has 0 aliphatic heterocycles. The number of hydrogen-bond acceptors (Lipinski definition) is 0. The number of unbranched alkanes of at least 4 members (excludes halogenated alkanes) is 2. The van der Waals surface area contributed by atoms with Crippen molar-refractivity contribution in [1.82, 2.24) is 0 Å². The first-order chi connectivity index (χ1) is 15.2. The predicted molar refractivity (Wildman–Crippen MR) is 141 cm³/mol. The van der Waals surface area contributed by atoms with Gasteiger partial charge in [0.2, 0.25) is 0 Å². The van der Waals surface area contributed by atoms with E-state index in [1.165, 1.54) is 109 Å². The molecule has 0 amide bonds. The molecule has 4 unspecified atom stereocenters. The SMILES string of the molecule is CCCCCC1CCCCCCCCCCC(C2CC(CC)C(C)C(CC)C2)CCC1. The van der Waals surface area contributed by atoms with Crippen molar-refractivity contribution in [3.8, 4) is 0 Å². The van der Waals surface area contributed by atoms with E-state index in [9.17, 15) is 0 Å². The first kappa shape index (κ1) is 27.2. The van der Waals surface area contributed by atoms with Crippen molar-refractivity contribution in [3.63, 3.8) is 0 Å². The lowest BCUT2D eigenvalue weighted by molar-refractivity contribution is 0.0709. The third kappa shape index (κ3) is 10.2. The van der Waals surface area contributed by atoms with Crippen LogP contribution >= 0.6 is 0 Å². The maximum Gasteiger partial charge on any atom is -0.0380 e. The van der Waals surface area contributed by atoms with Crippen LogP contribution < -0.4 is 0 Å². The average Bonchev–Trinajstić information content (AvgIpc) is 2.79. The van der Waals surface area contributed by atoms with Gasteiger partial charge in [-0.25, -0.2) is 0 Å². The Morgan fingerprint density at radius 1 is 0.548 bits per heavy atom. The van der Waals surface area contributed by atoms with E-state index < -0.39 is 0 Å². The Hall–Kier alpha value is 0. The highest BCUT2D eigenvalue weighted by Crippen LogP contribution is 2.46. The van der Waals surface area contributed by atoms with Crippen LogP contribution in [-0.2, 0) is 0 Å². The molecule has 0 aromatic heterocycles. The molecule has 2 aliphatic rings. The van der Waals surface area contributed by atoms with Gasteiger partial charge in [-0.1, -0.05) is 150 Å². The lowest BCUT2D eigenvalue weighted by Gasteiger charge is -2.43. The topological polar surface area (TPSA) is 0 Å². The molecule has 0 heteroatoms. The normalized spacial score (nSPS) is 35.2. The van der Waals surface area contributed by atoms with E-state index in [2.05, 4.69) is 27.7 Å². The van der Waals surface area contributed by atoms with Gasteiger partial charge < -0.3 is 0 Å². The minimum Gasteiger partial charge on any atom is -0.0654 e. The Labute approximate surface area is 198 Å². The Balaban J connectivity index is 1.97. The van der Waals surface area contributed by atoms with E-state index in [-0.39, 0.29) is 0 Å². The molecule has 2 aliphatic carbocycles. The fraction of sp³-hybridized carbons (Fsp3) is 1.00. The second-order valence-electron chi connectivity index (χ2n) is 11.9. The van der Waals surface area contributed by atoms with Crippen LogP contribution in [0, 0.1) is 35.5 Å². The minimum absolute atomic E-state index is 0.969. The summed E-state index contributed by atoms with van der Waals surface area (Å²) in [6.45, 7) is 9.87. The molecule has 2 saturated carbocycles. The van der Waals surface area contributed by atoms with Gasteiger partial charge in [0.15, 0.2) is 0 Å². The molecule has 0 nitrogen and oxygen atoms in total. The van der Waals surface area contributed by atoms with Gasteiger partial charge in [0.25, 0.3) is 0 Å². The summed E-state index contributed by atoms with van der Waals surface area (Å²) in [5.74, 6) is 6.09. The summed E-state index contributed by atoms with van der Waals surface area (Å²) in [6, 6.07) is 0. The zero-order chi connectivity index (χ0) is 22.3. The van der Waals surface area contributed by atoms with Crippen LogP contribution in [0.2, 0.25) is 0 Å². The fourth-order valence-electron chi connectivity index (χ4n) is 7.45. The standard InChI is InChI=1S/C31H60/c1-5-8-15-19-27-20-16-13-11-9-10-12-14-17-22-30(23-18-21-27)31-24-28(6-2)26(4)29(7-3)25-31/h26-31H,5-25H2,1-4H3. The summed E-state index contributed by atoms with van der Waals surface area (Å²) in [5.41, 5.74) is 0. The predicted octanol–water partition coefficient (Wildman–Crippen LogP) is 11.0. The van der Waals surface area contributed by atoms with Crippen LogP contribution in [0.25, 0.3) is 0 Å². The molecule has 0 bridgehead atoms. The van der Waals surface area contributed by atoms with Crippen LogP contribution in [0.15, 0.2) is 0 Å². The first-order valence-electron chi connectivity index (χ1n) is 15.2. The molecule has 0 saturated heterocycles. The summed E-state index contributed by atoms with van der Waals surface area (Å²) in [6.07, 6.45) is 31.5. The summed E-state index contributed by atoms with van der Waals surface area (Å²) >= 11 is 0. The highest BCUT2D eigenvalue weighted by atomic mass is 14.4. The van der Waals surface area contributed by atoms with E-state index in [4.69, 9.17) is 0 Å². The van der Waals surface area contributed by atoms with Crippen molar-refractivity contribution >= 4 is 0 Å². The summed E-state index contributed by atoms with van der Waals surface area (Å²) in [5, 5.41) is 0. The number of rotatable bonds is 7. The summed E-state index contributed by atoms with van der Waals surface area (Å²) in [4.78, 5) is 0. The fourth-order valence-corrected chi connectivity index (χ4v) is 7.45. The molecule has 2 fully saturated rings. The second-order valence-corrected chi connectivity index (χ2v) is 11.9. The molecule has 0 aromatic carbocycles. The van der Waals surface area contributed by atoms with Crippen LogP contribution in [-0.4, -0.2) is 0 Å². The van der Waals surface area contributed by atoms with E-state index in [1.54, 1.807) is 25.7 Å². The van der Waals surface area contributed by atoms with Crippen LogP contribution in [0.4, 0.5) is 0 Å². The molecule has 31 heavy (non-hydrogen) atoms. The van der Waals surface area contributed by atoms with Gasteiger partial charge in [0.05, 0.1) is 0 Å². The van der Waals surface area contributed by atoms with E-state index in [0.29, 0.717) is 0 Å². The maximum atomic E-state index is 2.58. The van der Waals surface area contributed by atoms with E-state index in [1.807, 2.05) is 0 Å². The van der Waals surface area contributed by atoms with Gasteiger partial charge in [-0.15, -0.1) is 0 Å². The van der Waals surface area contributed by atoms with Gasteiger partial charge in [0, 0.05) is 0 Å². The Morgan fingerprint density at radius 3 is 1.65 bits per heavy atom. The van der Waals surface area contributed by atoms with Crippen molar-refractivity contribution in [2.24, 2.45) is 35.5 Å². The lowest BCUT2D eigenvalue weighted by Crippen LogP contribution is -2.34. The molecular weight excluding hydrogens is 372 g/mol. The van der Waals surface area contributed by atoms with E-state index >= 15 is 0 Å². The van der Waals surface area contributed by atoms with Gasteiger partial charge >= 0.3 is 0 Å². The highest BCUT2D eigenvalue weighted by Gasteiger charge is 2.36. The van der Waals surface area contributed by atoms with Crippen molar-refractivity contribution in [2.75, 3.05) is 0 Å². The van der Waals surface area contributed by atoms with E-state index in [0.717, 1.165) is 35.5 Å². The Kier molecular flexibility index (Phi) is 14.6. The molecule has 4 atom stereocenters. The molecule has 2 rings (SSSR count). The molecular formula is C31H60. The second kappa shape index (κ2) is 16.6. The third-order valence-corrected chi connectivity index (χ3v) is 9.75. The summed E-state index contributed by atoms with van der Waals surface area (Å²) < 4.78 is 0. The number of hydrogen-bond donors (Lipinski definition) is 0. The Morgan fingerprint density at radius 2 is 1.06 bits per heavy atom. The van der Waals surface area contributed by atoms with Crippen molar-refractivity contribution in [2.45, 2.75) is 163 Å². The van der Waals surface area contributed by atoms with Crippen molar-refractivity contribution in [3.05, 3.63) is 0 Å². The lowest BCUT2D eigenvalue weighted by atomic mass is 9.62. The van der Waals surface area contributed by atoms with Crippen molar-refractivity contribution in [1.29, 1.82) is 0 Å². The molecule has 184 valence electrons. The Bertz CT molecular complexity index is 398. The monoisotopic (exact) mass is 432 g/mol. The molecule has 0 radical (unpaired) electrons. The zero-order valence-corrected chi connectivity index (χ0v) is 22.3. The van der Waals surface area contributed by atoms with Gasteiger partial charge in [-0.3, -0.25) is 0 Å². The van der Waals surface area contributed by atoms with Crippen LogP contribution in [0.1, 0.15) is 163 Å². The van der Waals surface area contributed by atoms with Crippen LogP contribution in [0.5, 0.6) is 0 Å². The molecule has 0 spiro atoms. The van der Waals surface area contributed by atoms with Gasteiger partial charge in [-0.05, 0) is 48.3 Å². The van der Waals surface area contributed by atoms with Gasteiger partial charge in [0.1, 0.15) is 0 Å². The van der Waals surface area contributed by atoms with Gasteiger partial charge in [-0.2, -0.15) is 0 Å². The zero-order valence-electron chi connectivity index (χ0n) is 22.3. The third-order valence-electron chi connectivity index (χ3n) is 9.75.